The van der Waals surface area contributed by atoms with Gasteiger partial charge in [0, 0.05) is 25.4 Å². The van der Waals surface area contributed by atoms with E-state index in [9.17, 15) is 8.78 Å². The van der Waals surface area contributed by atoms with Crippen molar-refractivity contribution in [3.05, 3.63) is 29.8 Å². The molecule has 0 fully saturated rings. The molecule has 0 spiro atoms. The Morgan fingerprint density at radius 1 is 1.25 bits per heavy atom. The first-order valence-corrected chi connectivity index (χ1v) is 7.58. The number of thioether (sulfide) groups is 1. The van der Waals surface area contributed by atoms with Crippen LogP contribution in [0.5, 0.6) is 5.75 Å². The first-order valence-electron chi connectivity index (χ1n) is 6.18. The van der Waals surface area contributed by atoms with Crippen LogP contribution in [-0.4, -0.2) is 44.7 Å². The molecule has 2 N–H and O–H groups in total. The summed E-state index contributed by atoms with van der Waals surface area (Å²) in [5, 5.41) is 6.20. The first kappa shape index (κ1) is 16.6. The average Bonchev–Trinajstić information content (AvgIpc) is 2.45. The molecule has 1 rings (SSSR count). The Morgan fingerprint density at radius 3 is 2.65 bits per heavy atom. The zero-order valence-corrected chi connectivity index (χ0v) is 12.4. The minimum absolute atomic E-state index is 0.302. The van der Waals surface area contributed by atoms with E-state index in [0.717, 1.165) is 24.4 Å². The van der Waals surface area contributed by atoms with Gasteiger partial charge < -0.3 is 15.4 Å². The zero-order valence-electron chi connectivity index (χ0n) is 11.6. The molecular formula is C13H19F2N3OS. The topological polar surface area (TPSA) is 45.7 Å². The number of hydrogen-bond donors (Lipinski definition) is 2. The summed E-state index contributed by atoms with van der Waals surface area (Å²) in [7, 11) is 1.69. The van der Waals surface area contributed by atoms with Gasteiger partial charge in [0.05, 0.1) is 6.54 Å². The number of benzene rings is 1. The van der Waals surface area contributed by atoms with Gasteiger partial charge in [-0.3, -0.25) is 4.99 Å². The van der Waals surface area contributed by atoms with Crippen molar-refractivity contribution in [1.82, 2.24) is 10.6 Å². The third-order valence-corrected chi connectivity index (χ3v) is 2.99. The molecule has 0 heterocycles. The normalized spacial score (nSPS) is 11.3. The summed E-state index contributed by atoms with van der Waals surface area (Å²) in [4.78, 5) is 4.05. The lowest BCUT2D eigenvalue weighted by Gasteiger charge is -2.12. The molecule has 0 saturated carbocycles. The molecule has 1 aromatic rings. The average molecular weight is 303 g/mol. The molecule has 20 heavy (non-hydrogen) atoms. The zero-order chi connectivity index (χ0) is 14.8. The molecule has 0 atom stereocenters. The van der Waals surface area contributed by atoms with Gasteiger partial charge in [0.2, 0.25) is 0 Å². The summed E-state index contributed by atoms with van der Waals surface area (Å²) < 4.78 is 31.0. The minimum Gasteiger partial charge on any atom is -0.492 e. The number of halogens is 2. The second kappa shape index (κ2) is 9.41. The van der Waals surface area contributed by atoms with Crippen molar-refractivity contribution in [1.29, 1.82) is 0 Å². The molecule has 112 valence electrons. The summed E-state index contributed by atoms with van der Waals surface area (Å²) in [6.45, 7) is 1.66. The number of nitrogens with one attached hydrogen (secondary N) is 2. The van der Waals surface area contributed by atoms with Gasteiger partial charge in [-0.15, -0.1) is 0 Å². The van der Waals surface area contributed by atoms with Gasteiger partial charge in [0.15, 0.2) is 17.6 Å². The van der Waals surface area contributed by atoms with E-state index in [1.165, 1.54) is 6.07 Å². The molecule has 0 aliphatic heterocycles. The quantitative estimate of drug-likeness (QED) is 0.459. The Labute approximate surface area is 122 Å². The fourth-order valence-electron chi connectivity index (χ4n) is 1.40. The van der Waals surface area contributed by atoms with Crippen LogP contribution in [-0.2, 0) is 0 Å². The Bertz CT molecular complexity index is 444. The third-order valence-electron chi connectivity index (χ3n) is 2.38. The fourth-order valence-corrected chi connectivity index (χ4v) is 1.70. The second-order valence-corrected chi connectivity index (χ2v) is 4.83. The third kappa shape index (κ3) is 6.10. The van der Waals surface area contributed by atoms with Crippen molar-refractivity contribution >= 4 is 17.7 Å². The van der Waals surface area contributed by atoms with Gasteiger partial charge >= 0.3 is 0 Å². The number of aliphatic imine (C=N–C) groups is 1. The van der Waals surface area contributed by atoms with Gasteiger partial charge in [-0.1, -0.05) is 0 Å². The van der Waals surface area contributed by atoms with Gasteiger partial charge in [-0.05, 0) is 18.4 Å². The van der Waals surface area contributed by atoms with Crippen LogP contribution in [0.1, 0.15) is 0 Å². The molecule has 0 saturated heterocycles. The highest BCUT2D eigenvalue weighted by atomic mass is 32.2. The SMILES string of the molecule is CN=C(NCCOc1ccc(F)c(F)c1)NCCSC. The molecule has 1 aromatic carbocycles. The van der Waals surface area contributed by atoms with E-state index in [1.54, 1.807) is 18.8 Å². The van der Waals surface area contributed by atoms with Crippen LogP contribution in [0.4, 0.5) is 8.78 Å². The van der Waals surface area contributed by atoms with Crippen LogP contribution in [0.25, 0.3) is 0 Å². The predicted octanol–water partition coefficient (Wildman–Crippen LogP) is 1.87. The number of nitrogens with zero attached hydrogens (tertiary/aromatic N) is 1. The van der Waals surface area contributed by atoms with E-state index in [-0.39, 0.29) is 0 Å². The Morgan fingerprint density at radius 2 is 2.00 bits per heavy atom. The van der Waals surface area contributed by atoms with Gasteiger partial charge in [-0.25, -0.2) is 8.78 Å². The van der Waals surface area contributed by atoms with Crippen molar-refractivity contribution in [3.63, 3.8) is 0 Å². The van der Waals surface area contributed by atoms with Gasteiger partial charge in [0.1, 0.15) is 12.4 Å². The fraction of sp³-hybridized carbons (Fsp3) is 0.462. The van der Waals surface area contributed by atoms with Crippen molar-refractivity contribution in [2.24, 2.45) is 4.99 Å². The van der Waals surface area contributed by atoms with Crippen LogP contribution in [0.2, 0.25) is 0 Å². The molecule has 0 aromatic heterocycles. The van der Waals surface area contributed by atoms with Crippen LogP contribution in [0.3, 0.4) is 0 Å². The number of hydrogen-bond acceptors (Lipinski definition) is 3. The van der Waals surface area contributed by atoms with Gasteiger partial charge in [-0.2, -0.15) is 11.8 Å². The highest BCUT2D eigenvalue weighted by Gasteiger charge is 2.03. The molecule has 0 bridgehead atoms. The highest BCUT2D eigenvalue weighted by molar-refractivity contribution is 7.98. The lowest BCUT2D eigenvalue weighted by atomic mass is 10.3. The van der Waals surface area contributed by atoms with Crippen molar-refractivity contribution in [2.75, 3.05) is 38.8 Å². The lowest BCUT2D eigenvalue weighted by Crippen LogP contribution is -2.40. The van der Waals surface area contributed by atoms with Crippen molar-refractivity contribution in [2.45, 2.75) is 0 Å². The summed E-state index contributed by atoms with van der Waals surface area (Å²) in [5.74, 6) is 0.189. The summed E-state index contributed by atoms with van der Waals surface area (Å²) in [6.07, 6.45) is 2.04. The van der Waals surface area contributed by atoms with Crippen LogP contribution in [0.15, 0.2) is 23.2 Å². The number of rotatable bonds is 7. The van der Waals surface area contributed by atoms with Crippen LogP contribution >= 0.6 is 11.8 Å². The molecule has 7 heteroatoms. The molecule has 0 aliphatic rings. The molecule has 4 nitrogen and oxygen atoms in total. The van der Waals surface area contributed by atoms with E-state index in [0.29, 0.717) is 24.9 Å². The standard InChI is InChI=1S/C13H19F2N3OS/c1-16-13(18-6-8-20-2)17-5-7-19-10-3-4-11(14)12(15)9-10/h3-4,9H,5-8H2,1-2H3,(H2,16,17,18). The van der Waals surface area contributed by atoms with Crippen molar-refractivity contribution in [3.8, 4) is 5.75 Å². The van der Waals surface area contributed by atoms with Crippen LogP contribution < -0.4 is 15.4 Å². The molecule has 0 unspecified atom stereocenters. The van der Waals surface area contributed by atoms with E-state index >= 15 is 0 Å². The Kier molecular flexibility index (Phi) is 7.79. The molecule has 0 radical (unpaired) electrons. The smallest absolute Gasteiger partial charge is 0.191 e. The maximum Gasteiger partial charge on any atom is 0.191 e. The summed E-state index contributed by atoms with van der Waals surface area (Å²) >= 11 is 1.75. The lowest BCUT2D eigenvalue weighted by molar-refractivity contribution is 0.319. The van der Waals surface area contributed by atoms with E-state index in [1.807, 2.05) is 6.26 Å². The Hall–Kier alpha value is -1.50. The molecule has 0 amide bonds. The highest BCUT2D eigenvalue weighted by Crippen LogP contribution is 2.14. The summed E-state index contributed by atoms with van der Waals surface area (Å²) in [5.41, 5.74) is 0. The predicted molar refractivity (Wildman–Crippen MR) is 79.6 cm³/mol. The second-order valence-electron chi connectivity index (χ2n) is 3.84. The van der Waals surface area contributed by atoms with E-state index in [2.05, 4.69) is 15.6 Å². The van der Waals surface area contributed by atoms with Crippen LogP contribution in [0, 0.1) is 11.6 Å². The monoisotopic (exact) mass is 303 g/mol. The Balaban J connectivity index is 2.24. The minimum atomic E-state index is -0.912. The molecular weight excluding hydrogens is 284 g/mol. The van der Waals surface area contributed by atoms with E-state index < -0.39 is 11.6 Å². The van der Waals surface area contributed by atoms with Crippen molar-refractivity contribution < 1.29 is 13.5 Å². The maximum absolute atomic E-state index is 12.9. The first-order chi connectivity index (χ1) is 9.67. The largest absolute Gasteiger partial charge is 0.492 e. The van der Waals surface area contributed by atoms with Gasteiger partial charge in [0.25, 0.3) is 0 Å². The maximum atomic E-state index is 12.9. The van der Waals surface area contributed by atoms with E-state index in [4.69, 9.17) is 4.74 Å². The number of guanidine groups is 1. The molecule has 0 aliphatic carbocycles. The number of ether oxygens (including phenoxy) is 1. The summed E-state index contributed by atoms with van der Waals surface area (Å²) in [6, 6.07) is 3.46.